The minimum Gasteiger partial charge on any atom is -0.444 e. The number of benzene rings is 2. The van der Waals surface area contributed by atoms with E-state index in [0.717, 1.165) is 17.5 Å². The molecule has 1 fully saturated rings. The van der Waals surface area contributed by atoms with E-state index < -0.39 is 23.0 Å². The lowest BCUT2D eigenvalue weighted by Gasteiger charge is -2.40. The molecule has 1 aliphatic heterocycles. The van der Waals surface area contributed by atoms with Crippen LogP contribution in [0.2, 0.25) is 0 Å². The predicted molar refractivity (Wildman–Crippen MR) is 150 cm³/mol. The lowest BCUT2D eigenvalue weighted by atomic mass is 9.78. The molecular formula is C30H39FN4O6. The molecule has 2 aromatic carbocycles. The van der Waals surface area contributed by atoms with Crippen LogP contribution in [0.15, 0.2) is 48.5 Å². The van der Waals surface area contributed by atoms with Crippen LogP contribution in [0.25, 0.3) is 0 Å². The van der Waals surface area contributed by atoms with E-state index in [2.05, 4.69) is 16.1 Å². The lowest BCUT2D eigenvalue weighted by Crippen LogP contribution is -2.54. The van der Waals surface area contributed by atoms with E-state index in [1.54, 1.807) is 49.9 Å². The van der Waals surface area contributed by atoms with Gasteiger partial charge in [-0.25, -0.2) is 14.7 Å². The summed E-state index contributed by atoms with van der Waals surface area (Å²) < 4.78 is 18.4. The Morgan fingerprint density at radius 3 is 2.12 bits per heavy atom. The second kappa shape index (κ2) is 14.1. The first-order chi connectivity index (χ1) is 19.4. The number of nitrogens with one attached hydrogen (secondary N) is 3. The van der Waals surface area contributed by atoms with Crippen LogP contribution in [-0.4, -0.2) is 60.6 Å². The van der Waals surface area contributed by atoms with Crippen molar-refractivity contribution in [2.24, 2.45) is 5.41 Å². The third-order valence-corrected chi connectivity index (χ3v) is 6.84. The molecule has 10 nitrogen and oxygen atoms in total. The van der Waals surface area contributed by atoms with E-state index in [0.29, 0.717) is 5.56 Å². The molecule has 0 radical (unpaired) electrons. The van der Waals surface area contributed by atoms with Gasteiger partial charge in [-0.15, -0.1) is 0 Å². The topological polar surface area (TPSA) is 126 Å². The van der Waals surface area contributed by atoms with Crippen LogP contribution in [0.1, 0.15) is 62.0 Å². The Balaban J connectivity index is 1.61. The lowest BCUT2D eigenvalue weighted by molar-refractivity contribution is -0.146. The van der Waals surface area contributed by atoms with Gasteiger partial charge in [-0.2, -0.15) is 0 Å². The number of amides is 4. The van der Waals surface area contributed by atoms with Crippen molar-refractivity contribution in [3.63, 3.8) is 0 Å². The van der Waals surface area contributed by atoms with Gasteiger partial charge >= 0.3 is 6.09 Å². The SMILES string of the molecule is CCc1ccc(C(=O)NOCC2(C(=O)NCc3ccc(F)cc3)CCN(C(=O)CNC(=O)OC(C)(C)C)CC2)cc1. The fraction of sp³-hybridized carbons (Fsp3) is 0.467. The number of alkyl carbamates (subject to hydrolysis) is 1. The molecule has 0 aromatic heterocycles. The van der Waals surface area contributed by atoms with Gasteiger partial charge in [0.15, 0.2) is 0 Å². The summed E-state index contributed by atoms with van der Waals surface area (Å²) in [4.78, 5) is 57.8. The van der Waals surface area contributed by atoms with Crippen molar-refractivity contribution in [1.82, 2.24) is 21.0 Å². The first-order valence-electron chi connectivity index (χ1n) is 13.7. The van der Waals surface area contributed by atoms with E-state index in [1.807, 2.05) is 19.1 Å². The van der Waals surface area contributed by atoms with Gasteiger partial charge < -0.3 is 20.3 Å². The average Bonchev–Trinajstić information content (AvgIpc) is 2.94. The quantitative estimate of drug-likeness (QED) is 0.376. The smallest absolute Gasteiger partial charge is 0.408 e. The minimum absolute atomic E-state index is 0.112. The summed E-state index contributed by atoms with van der Waals surface area (Å²) in [6.45, 7) is 7.53. The molecule has 1 heterocycles. The molecular weight excluding hydrogens is 531 g/mol. The number of piperidine rings is 1. The maximum Gasteiger partial charge on any atom is 0.408 e. The van der Waals surface area contributed by atoms with Crippen molar-refractivity contribution in [3.8, 4) is 0 Å². The number of nitrogens with zero attached hydrogens (tertiary/aromatic N) is 1. The molecule has 0 spiro atoms. The van der Waals surface area contributed by atoms with Gasteiger partial charge in [0, 0.05) is 25.2 Å². The zero-order valence-electron chi connectivity index (χ0n) is 24.1. The van der Waals surface area contributed by atoms with Gasteiger partial charge in [0.2, 0.25) is 11.8 Å². The number of hydrogen-bond donors (Lipinski definition) is 3. The van der Waals surface area contributed by atoms with Crippen molar-refractivity contribution in [2.45, 2.75) is 59.1 Å². The molecule has 2 aromatic rings. The fourth-order valence-electron chi connectivity index (χ4n) is 4.36. The molecule has 3 rings (SSSR count). The van der Waals surface area contributed by atoms with Gasteiger partial charge in [-0.05, 0) is 75.4 Å². The Morgan fingerprint density at radius 1 is 0.927 bits per heavy atom. The Bertz CT molecular complexity index is 1200. The standard InChI is InChI=1S/C30H39FN4O6/c1-5-21-6-10-23(11-7-21)26(37)34-40-20-30(27(38)32-18-22-8-12-24(31)13-9-22)14-16-35(17-15-30)25(36)19-33-28(39)41-29(2,3)4/h6-13H,5,14-20H2,1-4H3,(H,32,38)(H,33,39)(H,34,37). The van der Waals surface area contributed by atoms with E-state index in [4.69, 9.17) is 9.57 Å². The first-order valence-corrected chi connectivity index (χ1v) is 13.7. The minimum atomic E-state index is -1.03. The third kappa shape index (κ3) is 9.56. The van der Waals surface area contributed by atoms with E-state index in [-0.39, 0.29) is 63.3 Å². The molecule has 1 aliphatic rings. The Kier molecular flexibility index (Phi) is 10.8. The summed E-state index contributed by atoms with van der Waals surface area (Å²) in [6.07, 6.45) is 0.693. The zero-order chi connectivity index (χ0) is 30.0. The summed E-state index contributed by atoms with van der Waals surface area (Å²) >= 11 is 0. The molecule has 3 N–H and O–H groups in total. The number of rotatable bonds is 10. The van der Waals surface area contributed by atoms with Crippen molar-refractivity contribution < 1.29 is 33.1 Å². The number of aryl methyl sites for hydroxylation is 1. The third-order valence-electron chi connectivity index (χ3n) is 6.84. The van der Waals surface area contributed by atoms with Crippen LogP contribution in [-0.2, 0) is 32.1 Å². The molecule has 0 bridgehead atoms. The van der Waals surface area contributed by atoms with Crippen molar-refractivity contribution in [3.05, 3.63) is 71.0 Å². The van der Waals surface area contributed by atoms with Crippen LogP contribution in [0, 0.1) is 11.2 Å². The Morgan fingerprint density at radius 2 is 1.54 bits per heavy atom. The summed E-state index contributed by atoms with van der Waals surface area (Å²) in [7, 11) is 0. The second-order valence-electron chi connectivity index (χ2n) is 11.1. The van der Waals surface area contributed by atoms with Crippen LogP contribution in [0.5, 0.6) is 0 Å². The van der Waals surface area contributed by atoms with Crippen molar-refractivity contribution in [2.75, 3.05) is 26.2 Å². The van der Waals surface area contributed by atoms with Crippen LogP contribution < -0.4 is 16.1 Å². The highest BCUT2D eigenvalue weighted by molar-refractivity contribution is 5.93. The maximum absolute atomic E-state index is 13.4. The maximum atomic E-state index is 13.4. The number of likely N-dealkylation sites (tertiary alicyclic amines) is 1. The first kappa shape index (κ1) is 31.5. The molecule has 0 atom stereocenters. The van der Waals surface area contributed by atoms with Gasteiger partial charge in [0.1, 0.15) is 18.0 Å². The zero-order valence-corrected chi connectivity index (χ0v) is 24.1. The highest BCUT2D eigenvalue weighted by Gasteiger charge is 2.43. The summed E-state index contributed by atoms with van der Waals surface area (Å²) in [6, 6.07) is 12.9. The highest BCUT2D eigenvalue weighted by Crippen LogP contribution is 2.32. The monoisotopic (exact) mass is 570 g/mol. The van der Waals surface area contributed by atoms with Gasteiger partial charge in [0.05, 0.1) is 12.0 Å². The van der Waals surface area contributed by atoms with Gasteiger partial charge in [-0.3, -0.25) is 19.2 Å². The van der Waals surface area contributed by atoms with Crippen LogP contribution in [0.4, 0.5) is 9.18 Å². The molecule has 1 saturated heterocycles. The number of halogens is 1. The number of hydroxylamine groups is 1. The average molecular weight is 571 g/mol. The van der Waals surface area contributed by atoms with E-state index in [9.17, 15) is 23.6 Å². The Hall–Kier alpha value is -3.99. The number of carbonyl (C=O) groups is 4. The fourth-order valence-corrected chi connectivity index (χ4v) is 4.36. The normalized spacial score (nSPS) is 14.6. The van der Waals surface area contributed by atoms with Gasteiger partial charge in [0.25, 0.3) is 5.91 Å². The largest absolute Gasteiger partial charge is 0.444 e. The summed E-state index contributed by atoms with van der Waals surface area (Å²) in [5, 5.41) is 5.35. The second-order valence-corrected chi connectivity index (χ2v) is 11.1. The molecule has 222 valence electrons. The Labute approximate surface area is 239 Å². The van der Waals surface area contributed by atoms with Crippen LogP contribution >= 0.6 is 0 Å². The summed E-state index contributed by atoms with van der Waals surface area (Å²) in [5.74, 6) is -1.41. The summed E-state index contributed by atoms with van der Waals surface area (Å²) in [5.41, 5.74) is 2.95. The van der Waals surface area contributed by atoms with E-state index in [1.165, 1.54) is 12.1 Å². The van der Waals surface area contributed by atoms with Crippen molar-refractivity contribution in [1.29, 1.82) is 0 Å². The number of hydrogen-bond acceptors (Lipinski definition) is 6. The highest BCUT2D eigenvalue weighted by atomic mass is 19.1. The molecule has 4 amide bonds. The molecule has 0 unspecified atom stereocenters. The van der Waals surface area contributed by atoms with Gasteiger partial charge in [-0.1, -0.05) is 31.2 Å². The molecule has 11 heteroatoms. The number of ether oxygens (including phenoxy) is 1. The van der Waals surface area contributed by atoms with Crippen LogP contribution in [0.3, 0.4) is 0 Å². The predicted octanol–water partition coefficient (Wildman–Crippen LogP) is 3.50. The molecule has 0 aliphatic carbocycles. The molecule has 0 saturated carbocycles. The van der Waals surface area contributed by atoms with E-state index >= 15 is 0 Å². The van der Waals surface area contributed by atoms with Crippen molar-refractivity contribution >= 4 is 23.8 Å². The number of carbonyl (C=O) groups excluding carboxylic acids is 4. The molecule has 41 heavy (non-hydrogen) atoms.